The Bertz CT molecular complexity index is 524. The van der Waals surface area contributed by atoms with Gasteiger partial charge in [0.05, 0.1) is 5.69 Å². The van der Waals surface area contributed by atoms with Crippen molar-refractivity contribution in [2.75, 3.05) is 11.4 Å². The summed E-state index contributed by atoms with van der Waals surface area (Å²) < 4.78 is 0. The van der Waals surface area contributed by atoms with E-state index in [0.717, 1.165) is 30.6 Å². The number of benzene rings is 1. The third-order valence-electron chi connectivity index (χ3n) is 3.61. The first-order valence-corrected chi connectivity index (χ1v) is 6.79. The van der Waals surface area contributed by atoms with Crippen LogP contribution >= 0.6 is 23.8 Å². The van der Waals surface area contributed by atoms with E-state index >= 15 is 0 Å². The highest BCUT2D eigenvalue weighted by molar-refractivity contribution is 7.80. The van der Waals surface area contributed by atoms with Crippen LogP contribution in [0.3, 0.4) is 0 Å². The summed E-state index contributed by atoms with van der Waals surface area (Å²) in [6, 6.07) is 5.56. The van der Waals surface area contributed by atoms with Crippen molar-refractivity contribution >= 4 is 40.5 Å². The molecule has 0 spiro atoms. The Morgan fingerprint density at radius 3 is 2.89 bits per heavy atom. The molecule has 0 aliphatic carbocycles. The fourth-order valence-corrected chi connectivity index (χ4v) is 3.17. The molecule has 0 saturated carbocycles. The second kappa shape index (κ2) is 4.21. The molecule has 0 bridgehead atoms. The topological polar surface area (TPSA) is 23.6 Å². The smallest absolute Gasteiger partial charge is 0.256 e. The van der Waals surface area contributed by atoms with E-state index in [-0.39, 0.29) is 11.9 Å². The highest BCUT2D eigenvalue weighted by Gasteiger charge is 2.45. The van der Waals surface area contributed by atoms with Crippen LogP contribution in [-0.2, 0) is 4.79 Å². The van der Waals surface area contributed by atoms with E-state index in [2.05, 4.69) is 0 Å². The number of halogens is 1. The summed E-state index contributed by atoms with van der Waals surface area (Å²) in [6.07, 6.45) is 1.94. The molecule has 18 heavy (non-hydrogen) atoms. The van der Waals surface area contributed by atoms with Gasteiger partial charge in [-0.2, -0.15) is 0 Å². The first kappa shape index (κ1) is 11.9. The van der Waals surface area contributed by atoms with Crippen LogP contribution in [-0.4, -0.2) is 28.5 Å². The molecule has 94 valence electrons. The highest BCUT2D eigenvalue weighted by atomic mass is 35.5. The number of carbonyl (C=O) groups is 1. The van der Waals surface area contributed by atoms with Gasteiger partial charge < -0.3 is 4.90 Å². The van der Waals surface area contributed by atoms with Gasteiger partial charge in [0.15, 0.2) is 5.11 Å². The van der Waals surface area contributed by atoms with Gasteiger partial charge in [0.2, 0.25) is 0 Å². The average molecular weight is 281 g/mol. The zero-order chi connectivity index (χ0) is 12.9. The number of fused-ring (bicyclic) bond motifs is 1. The molecule has 0 radical (unpaired) electrons. The SMILES string of the molecule is Cc1ccc(N2C(=O)[C@H]3CCCN3C2=S)cc1Cl. The fraction of sp³-hybridized carbons (Fsp3) is 0.385. The molecule has 2 aliphatic rings. The Labute approximate surface area is 116 Å². The van der Waals surface area contributed by atoms with Gasteiger partial charge >= 0.3 is 0 Å². The summed E-state index contributed by atoms with van der Waals surface area (Å²) in [4.78, 5) is 16.0. The molecular formula is C13H13ClN2OS. The van der Waals surface area contributed by atoms with Crippen LogP contribution in [0.5, 0.6) is 0 Å². The maximum atomic E-state index is 12.3. The largest absolute Gasteiger partial charge is 0.336 e. The minimum Gasteiger partial charge on any atom is -0.336 e. The van der Waals surface area contributed by atoms with Crippen molar-refractivity contribution in [1.82, 2.24) is 4.90 Å². The van der Waals surface area contributed by atoms with Crippen LogP contribution in [0, 0.1) is 6.92 Å². The van der Waals surface area contributed by atoms with Crippen molar-refractivity contribution in [3.8, 4) is 0 Å². The van der Waals surface area contributed by atoms with Crippen molar-refractivity contribution in [3.63, 3.8) is 0 Å². The summed E-state index contributed by atoms with van der Waals surface area (Å²) in [6.45, 7) is 2.82. The lowest BCUT2D eigenvalue weighted by molar-refractivity contribution is -0.119. The monoisotopic (exact) mass is 280 g/mol. The number of aryl methyl sites for hydroxylation is 1. The number of anilines is 1. The molecule has 3 rings (SSSR count). The van der Waals surface area contributed by atoms with Gasteiger partial charge in [-0.05, 0) is 49.7 Å². The third kappa shape index (κ3) is 1.63. The summed E-state index contributed by atoms with van der Waals surface area (Å²) in [5.41, 5.74) is 1.77. The molecular weight excluding hydrogens is 268 g/mol. The van der Waals surface area contributed by atoms with Crippen LogP contribution in [0.1, 0.15) is 18.4 Å². The van der Waals surface area contributed by atoms with E-state index < -0.39 is 0 Å². The van der Waals surface area contributed by atoms with Crippen LogP contribution in [0.15, 0.2) is 18.2 Å². The Morgan fingerprint density at radius 1 is 1.44 bits per heavy atom. The van der Waals surface area contributed by atoms with E-state index in [1.807, 2.05) is 30.0 Å². The zero-order valence-corrected chi connectivity index (χ0v) is 11.6. The third-order valence-corrected chi connectivity index (χ3v) is 4.43. The number of nitrogens with zero attached hydrogens (tertiary/aromatic N) is 2. The molecule has 0 aromatic heterocycles. The highest BCUT2D eigenvalue weighted by Crippen LogP contribution is 2.33. The van der Waals surface area contributed by atoms with E-state index in [9.17, 15) is 4.79 Å². The van der Waals surface area contributed by atoms with Gasteiger partial charge in [0, 0.05) is 11.6 Å². The Morgan fingerprint density at radius 2 is 2.22 bits per heavy atom. The summed E-state index contributed by atoms with van der Waals surface area (Å²) in [5.74, 6) is 0.0809. The van der Waals surface area contributed by atoms with E-state index in [4.69, 9.17) is 23.8 Å². The van der Waals surface area contributed by atoms with Crippen molar-refractivity contribution in [2.24, 2.45) is 0 Å². The first-order chi connectivity index (χ1) is 8.59. The maximum Gasteiger partial charge on any atom is 0.256 e. The molecule has 2 heterocycles. The van der Waals surface area contributed by atoms with E-state index in [1.165, 1.54) is 0 Å². The molecule has 5 heteroatoms. The molecule has 1 atom stereocenters. The van der Waals surface area contributed by atoms with Gasteiger partial charge in [-0.25, -0.2) is 0 Å². The van der Waals surface area contributed by atoms with Crippen molar-refractivity contribution in [3.05, 3.63) is 28.8 Å². The van der Waals surface area contributed by atoms with E-state index in [0.29, 0.717) is 10.1 Å². The number of hydrogen-bond acceptors (Lipinski definition) is 2. The molecule has 0 unspecified atom stereocenters. The maximum absolute atomic E-state index is 12.3. The predicted octanol–water partition coefficient (Wildman–Crippen LogP) is 2.74. The molecule has 3 nitrogen and oxygen atoms in total. The molecule has 1 amide bonds. The molecule has 0 N–H and O–H groups in total. The number of carbonyl (C=O) groups excluding carboxylic acids is 1. The van der Waals surface area contributed by atoms with Gasteiger partial charge in [-0.3, -0.25) is 9.69 Å². The minimum absolute atomic E-state index is 0.0578. The molecule has 2 saturated heterocycles. The van der Waals surface area contributed by atoms with Crippen molar-refractivity contribution < 1.29 is 4.79 Å². The number of thiocarbonyl (C=S) groups is 1. The standard InChI is InChI=1S/C13H13ClN2OS/c1-8-4-5-9(7-10(8)14)16-12(17)11-3-2-6-15(11)13(16)18/h4-5,7,11H,2-3,6H2,1H3/t11-/m1/s1. The average Bonchev–Trinajstić information content (AvgIpc) is 2.89. The normalized spacial score (nSPS) is 22.9. The van der Waals surface area contributed by atoms with Gasteiger partial charge in [-0.1, -0.05) is 17.7 Å². The number of amides is 1. The second-order valence-electron chi connectivity index (χ2n) is 4.74. The van der Waals surface area contributed by atoms with Crippen molar-refractivity contribution in [2.45, 2.75) is 25.8 Å². The quantitative estimate of drug-likeness (QED) is 0.739. The summed E-state index contributed by atoms with van der Waals surface area (Å²) >= 11 is 11.5. The lowest BCUT2D eigenvalue weighted by Crippen LogP contribution is -2.32. The minimum atomic E-state index is -0.0578. The van der Waals surface area contributed by atoms with Gasteiger partial charge in [-0.15, -0.1) is 0 Å². The Balaban J connectivity index is 1.99. The first-order valence-electron chi connectivity index (χ1n) is 6.00. The molecule has 2 aliphatic heterocycles. The molecule has 1 aromatic rings. The number of rotatable bonds is 1. The molecule has 2 fully saturated rings. The fourth-order valence-electron chi connectivity index (χ4n) is 2.58. The van der Waals surface area contributed by atoms with Crippen LogP contribution in [0.25, 0.3) is 0 Å². The summed E-state index contributed by atoms with van der Waals surface area (Å²) in [7, 11) is 0. The van der Waals surface area contributed by atoms with Gasteiger partial charge in [0.25, 0.3) is 5.91 Å². The van der Waals surface area contributed by atoms with Crippen LogP contribution in [0.2, 0.25) is 5.02 Å². The van der Waals surface area contributed by atoms with Crippen molar-refractivity contribution in [1.29, 1.82) is 0 Å². The second-order valence-corrected chi connectivity index (χ2v) is 5.51. The summed E-state index contributed by atoms with van der Waals surface area (Å²) in [5, 5.41) is 1.28. The predicted molar refractivity (Wildman–Crippen MR) is 76.0 cm³/mol. The lowest BCUT2D eigenvalue weighted by Gasteiger charge is -2.19. The molecule has 1 aromatic carbocycles. The van der Waals surface area contributed by atoms with Gasteiger partial charge in [0.1, 0.15) is 6.04 Å². The van der Waals surface area contributed by atoms with Crippen LogP contribution in [0.4, 0.5) is 5.69 Å². The Kier molecular flexibility index (Phi) is 2.79. The Hall–Kier alpha value is -1.13. The lowest BCUT2D eigenvalue weighted by atomic mass is 10.2. The van der Waals surface area contributed by atoms with E-state index in [1.54, 1.807) is 4.90 Å². The van der Waals surface area contributed by atoms with Crippen LogP contribution < -0.4 is 4.90 Å². The number of hydrogen-bond donors (Lipinski definition) is 0. The zero-order valence-electron chi connectivity index (χ0n) is 10.0.